The van der Waals surface area contributed by atoms with Crippen LogP contribution in [0.1, 0.15) is 42.5 Å². The minimum Gasteiger partial charge on any atom is -0.352 e. The molecule has 1 N–H and O–H groups in total. The van der Waals surface area contributed by atoms with E-state index in [1.165, 1.54) is 17.3 Å². The smallest absolute Gasteiger partial charge is 0.243 e. The van der Waals surface area contributed by atoms with Gasteiger partial charge in [-0.25, -0.2) is 0 Å². The predicted octanol–water partition coefficient (Wildman–Crippen LogP) is 7.09. The molecule has 0 spiro atoms. The van der Waals surface area contributed by atoms with Gasteiger partial charge in [0.25, 0.3) is 0 Å². The third-order valence-electron chi connectivity index (χ3n) is 6.24. The fourth-order valence-corrected chi connectivity index (χ4v) is 5.36. The zero-order valence-corrected chi connectivity index (χ0v) is 23.9. The Morgan fingerprint density at radius 1 is 0.946 bits per heavy atom. The lowest BCUT2D eigenvalue weighted by Gasteiger charge is -2.32. The molecule has 0 bridgehead atoms. The zero-order valence-electron chi connectivity index (χ0n) is 21.5. The molecule has 2 amide bonds. The molecule has 0 aliphatic heterocycles. The second-order valence-electron chi connectivity index (χ2n) is 9.23. The Morgan fingerprint density at radius 2 is 1.59 bits per heavy atom. The summed E-state index contributed by atoms with van der Waals surface area (Å²) >= 11 is 14.5. The SMILES string of the molecule is CC[C@@H](C)NC(=O)[C@H](Cc1ccccc1)N(Cc1c(Cl)cccc1Cl)C(=O)CSCc1cccc(C)c1. The number of nitrogens with zero attached hydrogens (tertiary/aromatic N) is 1. The highest BCUT2D eigenvalue weighted by Gasteiger charge is 2.31. The summed E-state index contributed by atoms with van der Waals surface area (Å²) in [5, 5.41) is 4.02. The van der Waals surface area contributed by atoms with Crippen molar-refractivity contribution in [2.75, 3.05) is 5.75 Å². The van der Waals surface area contributed by atoms with Crippen LogP contribution in [0, 0.1) is 6.92 Å². The van der Waals surface area contributed by atoms with Crippen LogP contribution in [-0.4, -0.2) is 34.6 Å². The fourth-order valence-electron chi connectivity index (χ4n) is 3.99. The number of aryl methyl sites for hydroxylation is 1. The van der Waals surface area contributed by atoms with Gasteiger partial charge in [0.1, 0.15) is 6.04 Å². The summed E-state index contributed by atoms with van der Waals surface area (Å²) in [4.78, 5) is 29.0. The Labute approximate surface area is 234 Å². The molecule has 0 radical (unpaired) electrons. The van der Waals surface area contributed by atoms with Crippen LogP contribution in [-0.2, 0) is 28.3 Å². The fraction of sp³-hybridized carbons (Fsp3) is 0.333. The molecule has 37 heavy (non-hydrogen) atoms. The van der Waals surface area contributed by atoms with E-state index in [2.05, 4.69) is 30.4 Å². The van der Waals surface area contributed by atoms with Crippen molar-refractivity contribution in [3.8, 4) is 0 Å². The van der Waals surface area contributed by atoms with E-state index in [9.17, 15) is 9.59 Å². The second kappa shape index (κ2) is 14.5. The quantitative estimate of drug-likeness (QED) is 0.259. The molecule has 3 rings (SSSR count). The van der Waals surface area contributed by atoms with Gasteiger partial charge in [-0.3, -0.25) is 9.59 Å². The summed E-state index contributed by atoms with van der Waals surface area (Å²) in [6.45, 7) is 6.18. The van der Waals surface area contributed by atoms with Gasteiger partial charge in [-0.2, -0.15) is 0 Å². The lowest BCUT2D eigenvalue weighted by Crippen LogP contribution is -2.52. The van der Waals surface area contributed by atoms with E-state index < -0.39 is 6.04 Å². The molecule has 3 aromatic carbocycles. The Balaban J connectivity index is 1.90. The molecular formula is C30H34Cl2N2O2S. The number of halogens is 2. The molecule has 196 valence electrons. The molecule has 7 heteroatoms. The molecule has 0 aromatic heterocycles. The van der Waals surface area contributed by atoms with E-state index in [-0.39, 0.29) is 30.2 Å². The number of carbonyl (C=O) groups excluding carboxylic acids is 2. The van der Waals surface area contributed by atoms with Crippen molar-refractivity contribution < 1.29 is 9.59 Å². The van der Waals surface area contributed by atoms with Gasteiger partial charge in [-0.1, -0.05) is 96.4 Å². The molecule has 4 nitrogen and oxygen atoms in total. The Kier molecular flexibility index (Phi) is 11.4. The van der Waals surface area contributed by atoms with E-state index in [1.807, 2.05) is 50.2 Å². The number of hydrogen-bond donors (Lipinski definition) is 1. The second-order valence-corrected chi connectivity index (χ2v) is 11.0. The molecule has 0 saturated carbocycles. The van der Waals surface area contributed by atoms with Crippen molar-refractivity contribution in [2.45, 2.75) is 58.0 Å². The number of carbonyl (C=O) groups is 2. The van der Waals surface area contributed by atoms with Crippen LogP contribution in [0.4, 0.5) is 0 Å². The normalized spacial score (nSPS) is 12.6. The highest BCUT2D eigenvalue weighted by atomic mass is 35.5. The molecule has 3 aromatic rings. The molecule has 0 unspecified atom stereocenters. The molecule has 0 aliphatic carbocycles. The lowest BCUT2D eigenvalue weighted by molar-refractivity contribution is -0.139. The lowest BCUT2D eigenvalue weighted by atomic mass is 10.0. The summed E-state index contributed by atoms with van der Waals surface area (Å²) in [5.74, 6) is 0.626. The summed E-state index contributed by atoms with van der Waals surface area (Å²) in [5.41, 5.74) is 3.96. The van der Waals surface area contributed by atoms with E-state index in [0.717, 1.165) is 17.5 Å². The maximum atomic E-state index is 13.8. The minimum atomic E-state index is -0.712. The van der Waals surface area contributed by atoms with Gasteiger partial charge in [0.15, 0.2) is 0 Å². The van der Waals surface area contributed by atoms with E-state index >= 15 is 0 Å². The van der Waals surface area contributed by atoms with E-state index in [1.54, 1.807) is 23.1 Å². The monoisotopic (exact) mass is 556 g/mol. The summed E-state index contributed by atoms with van der Waals surface area (Å²) in [7, 11) is 0. The summed E-state index contributed by atoms with van der Waals surface area (Å²) < 4.78 is 0. The number of amides is 2. The van der Waals surface area contributed by atoms with Crippen LogP contribution in [0.5, 0.6) is 0 Å². The zero-order chi connectivity index (χ0) is 26.8. The number of thioether (sulfide) groups is 1. The van der Waals surface area contributed by atoms with Crippen LogP contribution < -0.4 is 5.32 Å². The van der Waals surface area contributed by atoms with Gasteiger partial charge in [0, 0.05) is 40.4 Å². The highest BCUT2D eigenvalue weighted by molar-refractivity contribution is 7.99. The Morgan fingerprint density at radius 3 is 2.24 bits per heavy atom. The molecule has 0 saturated heterocycles. The van der Waals surface area contributed by atoms with Gasteiger partial charge in [0.05, 0.1) is 5.75 Å². The highest BCUT2D eigenvalue weighted by Crippen LogP contribution is 2.28. The van der Waals surface area contributed by atoms with E-state index in [0.29, 0.717) is 27.8 Å². The van der Waals surface area contributed by atoms with Crippen LogP contribution in [0.3, 0.4) is 0 Å². The first-order chi connectivity index (χ1) is 17.8. The topological polar surface area (TPSA) is 49.4 Å². The number of benzene rings is 3. The van der Waals surface area contributed by atoms with Gasteiger partial charge in [-0.05, 0) is 43.5 Å². The van der Waals surface area contributed by atoms with Crippen molar-refractivity contribution in [1.29, 1.82) is 0 Å². The first-order valence-corrected chi connectivity index (χ1v) is 14.4. The molecule has 0 fully saturated rings. The maximum Gasteiger partial charge on any atom is 0.243 e. The average molecular weight is 558 g/mol. The van der Waals surface area contributed by atoms with Crippen molar-refractivity contribution in [1.82, 2.24) is 10.2 Å². The van der Waals surface area contributed by atoms with Crippen molar-refractivity contribution in [2.24, 2.45) is 0 Å². The third kappa shape index (κ3) is 8.80. The van der Waals surface area contributed by atoms with Crippen molar-refractivity contribution >= 4 is 46.8 Å². The summed E-state index contributed by atoms with van der Waals surface area (Å²) in [6.07, 6.45) is 1.18. The van der Waals surface area contributed by atoms with Crippen LogP contribution in [0.25, 0.3) is 0 Å². The number of rotatable bonds is 12. The summed E-state index contributed by atoms with van der Waals surface area (Å²) in [6, 6.07) is 22.6. The molecule has 0 aliphatic rings. The van der Waals surface area contributed by atoms with Crippen molar-refractivity contribution in [3.63, 3.8) is 0 Å². The molecular weight excluding hydrogens is 523 g/mol. The van der Waals surface area contributed by atoms with Crippen LogP contribution in [0.2, 0.25) is 10.0 Å². The minimum absolute atomic E-state index is 0.0117. The van der Waals surface area contributed by atoms with Gasteiger partial charge >= 0.3 is 0 Å². The Bertz CT molecular complexity index is 1170. The average Bonchev–Trinajstić information content (AvgIpc) is 2.88. The first kappa shape index (κ1) is 29.1. The Hall–Kier alpha value is -2.47. The number of hydrogen-bond acceptors (Lipinski definition) is 3. The van der Waals surface area contributed by atoms with Crippen LogP contribution >= 0.6 is 35.0 Å². The first-order valence-electron chi connectivity index (χ1n) is 12.5. The predicted molar refractivity (Wildman–Crippen MR) is 156 cm³/mol. The third-order valence-corrected chi connectivity index (χ3v) is 7.94. The van der Waals surface area contributed by atoms with Gasteiger partial charge in [-0.15, -0.1) is 11.8 Å². The molecule has 2 atom stereocenters. The van der Waals surface area contributed by atoms with Crippen molar-refractivity contribution in [3.05, 3.63) is 105 Å². The standard InChI is InChI=1S/C30H34Cl2N2O2S/c1-4-22(3)33-30(36)28(17-23-11-6-5-7-12-23)34(18-25-26(31)14-9-15-27(25)32)29(35)20-37-19-24-13-8-10-21(2)16-24/h5-16,22,28H,4,17-20H2,1-3H3,(H,33,36)/t22-,28+/m1/s1. The molecule has 0 heterocycles. The largest absolute Gasteiger partial charge is 0.352 e. The maximum absolute atomic E-state index is 13.8. The van der Waals surface area contributed by atoms with E-state index in [4.69, 9.17) is 23.2 Å². The van der Waals surface area contributed by atoms with Crippen LogP contribution in [0.15, 0.2) is 72.8 Å². The van der Waals surface area contributed by atoms with Gasteiger partial charge in [0.2, 0.25) is 11.8 Å². The number of nitrogens with one attached hydrogen (secondary N) is 1. The van der Waals surface area contributed by atoms with Gasteiger partial charge < -0.3 is 10.2 Å².